The van der Waals surface area contributed by atoms with Gasteiger partial charge in [-0.25, -0.2) is 4.39 Å². The number of rotatable bonds is 5. The van der Waals surface area contributed by atoms with Crippen LogP contribution in [0.1, 0.15) is 19.7 Å². The second-order valence-electron chi connectivity index (χ2n) is 5.90. The Morgan fingerprint density at radius 1 is 1.39 bits per heavy atom. The summed E-state index contributed by atoms with van der Waals surface area (Å²) in [5.74, 6) is 0.858. The van der Waals surface area contributed by atoms with Crippen LogP contribution in [0.3, 0.4) is 0 Å². The van der Waals surface area contributed by atoms with Crippen LogP contribution in [0.25, 0.3) is 10.9 Å². The molecule has 0 bridgehead atoms. The second kappa shape index (κ2) is 6.20. The van der Waals surface area contributed by atoms with Gasteiger partial charge >= 0.3 is 0 Å². The quantitative estimate of drug-likeness (QED) is 0.760. The van der Waals surface area contributed by atoms with Gasteiger partial charge in [0.1, 0.15) is 18.2 Å². The number of aromatic amines is 1. The molecule has 6 nitrogen and oxygen atoms in total. The molecule has 0 unspecified atom stereocenters. The fraction of sp³-hybridized carbons (Fsp3) is 0.312. The predicted octanol–water partition coefficient (Wildman–Crippen LogP) is 2.74. The highest BCUT2D eigenvalue weighted by Crippen LogP contribution is 2.17. The fourth-order valence-corrected chi connectivity index (χ4v) is 2.44. The SMILES string of the molecule is CC(C)Cc1nc(NC(=O)Cn2ccc3ccc(F)cc32)n[nH]1. The molecule has 1 aromatic carbocycles. The normalized spacial score (nSPS) is 11.3. The van der Waals surface area contributed by atoms with E-state index in [4.69, 9.17) is 0 Å². The van der Waals surface area contributed by atoms with E-state index >= 15 is 0 Å². The first-order valence-electron chi connectivity index (χ1n) is 7.47. The van der Waals surface area contributed by atoms with E-state index in [9.17, 15) is 9.18 Å². The fourth-order valence-electron chi connectivity index (χ4n) is 2.44. The molecule has 0 aliphatic carbocycles. The van der Waals surface area contributed by atoms with Crippen molar-refractivity contribution in [3.63, 3.8) is 0 Å². The molecular weight excluding hydrogens is 297 g/mol. The highest BCUT2D eigenvalue weighted by Gasteiger charge is 2.11. The van der Waals surface area contributed by atoms with Crippen LogP contribution < -0.4 is 5.32 Å². The molecule has 0 saturated carbocycles. The molecule has 0 saturated heterocycles. The van der Waals surface area contributed by atoms with E-state index in [2.05, 4.69) is 34.3 Å². The van der Waals surface area contributed by atoms with Gasteiger partial charge in [-0.3, -0.25) is 15.2 Å². The zero-order valence-electron chi connectivity index (χ0n) is 13.0. The molecule has 23 heavy (non-hydrogen) atoms. The molecular formula is C16H18FN5O. The number of hydrogen-bond acceptors (Lipinski definition) is 3. The molecule has 0 aliphatic rings. The summed E-state index contributed by atoms with van der Waals surface area (Å²) in [7, 11) is 0. The summed E-state index contributed by atoms with van der Waals surface area (Å²) in [6.07, 6.45) is 2.52. The zero-order chi connectivity index (χ0) is 16.4. The number of benzene rings is 1. The summed E-state index contributed by atoms with van der Waals surface area (Å²) < 4.78 is 15.0. The molecule has 0 aliphatic heterocycles. The first kappa shape index (κ1) is 15.2. The van der Waals surface area contributed by atoms with Gasteiger partial charge in [-0.2, -0.15) is 4.98 Å². The first-order valence-corrected chi connectivity index (χ1v) is 7.47. The van der Waals surface area contributed by atoms with E-state index in [1.807, 2.05) is 6.07 Å². The lowest BCUT2D eigenvalue weighted by Gasteiger charge is -2.05. The smallest absolute Gasteiger partial charge is 0.248 e. The van der Waals surface area contributed by atoms with Crippen molar-refractivity contribution in [1.29, 1.82) is 0 Å². The van der Waals surface area contributed by atoms with Crippen molar-refractivity contribution in [3.05, 3.63) is 42.1 Å². The van der Waals surface area contributed by atoms with Gasteiger partial charge in [0, 0.05) is 12.6 Å². The van der Waals surface area contributed by atoms with Gasteiger partial charge in [-0.05, 0) is 35.6 Å². The summed E-state index contributed by atoms with van der Waals surface area (Å²) in [5.41, 5.74) is 0.677. The zero-order valence-corrected chi connectivity index (χ0v) is 13.0. The maximum atomic E-state index is 13.3. The highest BCUT2D eigenvalue weighted by atomic mass is 19.1. The van der Waals surface area contributed by atoms with Gasteiger partial charge in [-0.1, -0.05) is 13.8 Å². The monoisotopic (exact) mass is 315 g/mol. The predicted molar refractivity (Wildman–Crippen MR) is 85.5 cm³/mol. The molecule has 0 radical (unpaired) electrons. The summed E-state index contributed by atoms with van der Waals surface area (Å²) in [6, 6.07) is 6.34. The average molecular weight is 315 g/mol. The number of fused-ring (bicyclic) bond motifs is 1. The Bertz CT molecular complexity index is 836. The number of nitrogens with zero attached hydrogens (tertiary/aromatic N) is 3. The third-order valence-corrected chi connectivity index (χ3v) is 3.43. The molecule has 0 fully saturated rings. The van der Waals surface area contributed by atoms with Gasteiger partial charge in [0.2, 0.25) is 11.9 Å². The molecule has 2 N–H and O–H groups in total. The van der Waals surface area contributed by atoms with Crippen molar-refractivity contribution in [1.82, 2.24) is 19.7 Å². The maximum absolute atomic E-state index is 13.3. The third kappa shape index (κ3) is 3.56. The first-order chi connectivity index (χ1) is 11.0. The molecule has 0 atom stereocenters. The van der Waals surface area contributed by atoms with Gasteiger partial charge in [0.25, 0.3) is 0 Å². The van der Waals surface area contributed by atoms with Crippen molar-refractivity contribution in [3.8, 4) is 0 Å². The number of nitrogens with one attached hydrogen (secondary N) is 2. The molecule has 3 aromatic rings. The van der Waals surface area contributed by atoms with E-state index in [1.54, 1.807) is 16.8 Å². The molecule has 0 spiro atoms. The van der Waals surface area contributed by atoms with Crippen LogP contribution in [-0.4, -0.2) is 25.7 Å². The molecule has 1 amide bonds. The Morgan fingerprint density at radius 2 is 2.22 bits per heavy atom. The Balaban J connectivity index is 1.69. The van der Waals surface area contributed by atoms with Crippen LogP contribution in [0.4, 0.5) is 10.3 Å². The number of anilines is 1. The van der Waals surface area contributed by atoms with Crippen LogP contribution in [0, 0.1) is 11.7 Å². The Morgan fingerprint density at radius 3 is 3.00 bits per heavy atom. The van der Waals surface area contributed by atoms with Gasteiger partial charge < -0.3 is 4.57 Å². The second-order valence-corrected chi connectivity index (χ2v) is 5.90. The third-order valence-electron chi connectivity index (χ3n) is 3.43. The Labute approximate surface area is 132 Å². The summed E-state index contributed by atoms with van der Waals surface area (Å²) >= 11 is 0. The molecule has 7 heteroatoms. The number of carbonyl (C=O) groups is 1. The Kier molecular flexibility index (Phi) is 4.10. The molecule has 3 rings (SSSR count). The van der Waals surface area contributed by atoms with E-state index in [1.165, 1.54) is 12.1 Å². The van der Waals surface area contributed by atoms with E-state index in [-0.39, 0.29) is 24.2 Å². The molecule has 120 valence electrons. The Hall–Kier alpha value is -2.70. The maximum Gasteiger partial charge on any atom is 0.248 e. The van der Waals surface area contributed by atoms with Gasteiger partial charge in [0.15, 0.2) is 0 Å². The number of aromatic nitrogens is 4. The molecule has 2 heterocycles. The summed E-state index contributed by atoms with van der Waals surface area (Å²) in [4.78, 5) is 16.3. The van der Waals surface area contributed by atoms with Crippen molar-refractivity contribution in [2.24, 2.45) is 5.92 Å². The highest BCUT2D eigenvalue weighted by molar-refractivity contribution is 5.90. The van der Waals surface area contributed by atoms with Crippen molar-refractivity contribution in [2.45, 2.75) is 26.8 Å². The topological polar surface area (TPSA) is 75.6 Å². The van der Waals surface area contributed by atoms with Crippen LogP contribution in [0.2, 0.25) is 0 Å². The van der Waals surface area contributed by atoms with Crippen LogP contribution >= 0.6 is 0 Å². The minimum Gasteiger partial charge on any atom is -0.338 e. The number of hydrogen-bond donors (Lipinski definition) is 2. The lowest BCUT2D eigenvalue weighted by Crippen LogP contribution is -2.19. The molecule has 2 aromatic heterocycles. The summed E-state index contributed by atoms with van der Waals surface area (Å²) in [6.45, 7) is 4.23. The standard InChI is InChI=1S/C16H18FN5O/c1-10(2)7-14-18-16(21-20-14)19-15(23)9-22-6-5-11-3-4-12(17)8-13(11)22/h3-6,8,10H,7,9H2,1-2H3,(H2,18,19,20,21,23). The van der Waals surface area contributed by atoms with Crippen LogP contribution in [0.15, 0.2) is 30.5 Å². The largest absolute Gasteiger partial charge is 0.338 e. The number of H-pyrrole nitrogens is 1. The van der Waals surface area contributed by atoms with Crippen molar-refractivity contribution >= 4 is 22.8 Å². The van der Waals surface area contributed by atoms with Gasteiger partial charge in [0.05, 0.1) is 5.52 Å². The minimum atomic E-state index is -0.329. The van der Waals surface area contributed by atoms with E-state index in [0.29, 0.717) is 11.4 Å². The minimum absolute atomic E-state index is 0.0704. The van der Waals surface area contributed by atoms with Gasteiger partial charge in [-0.15, -0.1) is 5.10 Å². The van der Waals surface area contributed by atoms with Crippen LogP contribution in [0.5, 0.6) is 0 Å². The lowest BCUT2D eigenvalue weighted by molar-refractivity contribution is -0.116. The van der Waals surface area contributed by atoms with E-state index < -0.39 is 0 Å². The van der Waals surface area contributed by atoms with Crippen molar-refractivity contribution in [2.75, 3.05) is 5.32 Å². The number of carbonyl (C=O) groups excluding carboxylic acids is 1. The van der Waals surface area contributed by atoms with E-state index in [0.717, 1.165) is 17.6 Å². The average Bonchev–Trinajstić information content (AvgIpc) is 3.06. The van der Waals surface area contributed by atoms with Crippen LogP contribution in [-0.2, 0) is 17.8 Å². The number of amides is 1. The lowest BCUT2D eigenvalue weighted by atomic mass is 10.1. The summed E-state index contributed by atoms with van der Waals surface area (Å²) in [5, 5.41) is 10.3. The van der Waals surface area contributed by atoms with Crippen molar-refractivity contribution < 1.29 is 9.18 Å². The number of halogens is 1.